The molecule has 2 rings (SSSR count). The second-order valence-corrected chi connectivity index (χ2v) is 5.49. The zero-order chi connectivity index (χ0) is 18.3. The van der Waals surface area contributed by atoms with Gasteiger partial charge in [0.05, 0.1) is 20.6 Å². The summed E-state index contributed by atoms with van der Waals surface area (Å²) in [5, 5.41) is 10.7. The van der Waals surface area contributed by atoms with Crippen molar-refractivity contribution in [1.82, 2.24) is 0 Å². The predicted octanol–water partition coefficient (Wildman–Crippen LogP) is 2.89. The average molecular weight is 340 g/mol. The molecule has 0 aromatic heterocycles. The van der Waals surface area contributed by atoms with Gasteiger partial charge in [-0.1, -0.05) is 48.5 Å². The third-order valence-corrected chi connectivity index (χ3v) is 3.73. The van der Waals surface area contributed by atoms with E-state index < -0.39 is 18.0 Å². The molecule has 5 nitrogen and oxygen atoms in total. The van der Waals surface area contributed by atoms with E-state index in [0.717, 1.165) is 5.56 Å². The van der Waals surface area contributed by atoms with E-state index in [9.17, 15) is 14.7 Å². The fourth-order valence-corrected chi connectivity index (χ4v) is 2.30. The Morgan fingerprint density at radius 2 is 1.68 bits per heavy atom. The van der Waals surface area contributed by atoms with Gasteiger partial charge in [0, 0.05) is 5.56 Å². The summed E-state index contributed by atoms with van der Waals surface area (Å²) < 4.78 is 9.74. The number of esters is 1. The zero-order valence-corrected chi connectivity index (χ0v) is 14.1. The van der Waals surface area contributed by atoms with Crippen LogP contribution in [0, 0.1) is 0 Å². The first-order valence-corrected chi connectivity index (χ1v) is 7.71. The quantitative estimate of drug-likeness (QED) is 0.620. The summed E-state index contributed by atoms with van der Waals surface area (Å²) in [6, 6.07) is 15.5. The number of hydrogen-bond donors (Lipinski definition) is 1. The van der Waals surface area contributed by atoms with E-state index in [-0.39, 0.29) is 5.78 Å². The summed E-state index contributed by atoms with van der Waals surface area (Å²) in [4.78, 5) is 24.4. The van der Waals surface area contributed by atoms with Crippen molar-refractivity contribution in [3.63, 3.8) is 0 Å². The highest BCUT2D eigenvalue weighted by Crippen LogP contribution is 2.21. The van der Waals surface area contributed by atoms with Gasteiger partial charge in [-0.25, -0.2) is 4.79 Å². The fourth-order valence-electron chi connectivity index (χ4n) is 2.30. The Morgan fingerprint density at radius 3 is 2.24 bits per heavy atom. The van der Waals surface area contributed by atoms with Gasteiger partial charge in [-0.05, 0) is 23.8 Å². The van der Waals surface area contributed by atoms with Crippen LogP contribution in [0.2, 0.25) is 0 Å². The number of ether oxygens (including phenoxy) is 2. The Bertz CT molecular complexity index is 749. The van der Waals surface area contributed by atoms with Gasteiger partial charge in [0.15, 0.2) is 11.4 Å². The van der Waals surface area contributed by atoms with Gasteiger partial charge in [0.25, 0.3) is 0 Å². The van der Waals surface area contributed by atoms with E-state index in [1.807, 2.05) is 0 Å². The van der Waals surface area contributed by atoms with Gasteiger partial charge < -0.3 is 14.6 Å². The lowest BCUT2D eigenvalue weighted by atomic mass is 9.92. The van der Waals surface area contributed by atoms with Crippen LogP contribution in [0.15, 0.2) is 60.7 Å². The first-order valence-electron chi connectivity index (χ1n) is 7.71. The maximum absolute atomic E-state index is 12.4. The van der Waals surface area contributed by atoms with E-state index >= 15 is 0 Å². The predicted molar refractivity (Wildman–Crippen MR) is 94.4 cm³/mol. The maximum Gasteiger partial charge on any atom is 0.342 e. The third kappa shape index (κ3) is 4.78. The molecule has 0 saturated heterocycles. The van der Waals surface area contributed by atoms with Crippen molar-refractivity contribution in [1.29, 1.82) is 0 Å². The lowest BCUT2D eigenvalue weighted by Crippen LogP contribution is -2.39. The molecule has 2 aromatic rings. The normalized spacial score (nSPS) is 13.2. The van der Waals surface area contributed by atoms with E-state index in [1.54, 1.807) is 67.8 Å². The summed E-state index contributed by atoms with van der Waals surface area (Å²) in [6.07, 6.45) is 2.44. The molecule has 130 valence electrons. The molecule has 0 amide bonds. The maximum atomic E-state index is 12.4. The molecule has 2 aromatic carbocycles. The van der Waals surface area contributed by atoms with Crippen LogP contribution in [0.4, 0.5) is 0 Å². The minimum absolute atomic E-state index is 0.354. The number of aliphatic hydroxyl groups is 1. The zero-order valence-electron chi connectivity index (χ0n) is 14.1. The second kappa shape index (κ2) is 8.26. The molecule has 0 aliphatic rings. The molecule has 25 heavy (non-hydrogen) atoms. The van der Waals surface area contributed by atoms with Crippen molar-refractivity contribution < 1.29 is 24.2 Å². The molecule has 0 radical (unpaired) electrons. The molecule has 1 N–H and O–H groups in total. The minimum Gasteiger partial charge on any atom is -0.497 e. The van der Waals surface area contributed by atoms with Gasteiger partial charge in [0.2, 0.25) is 0 Å². The van der Waals surface area contributed by atoms with Gasteiger partial charge in [-0.15, -0.1) is 0 Å². The topological polar surface area (TPSA) is 72.8 Å². The number of hydrogen-bond acceptors (Lipinski definition) is 5. The fraction of sp³-hybridized carbons (Fsp3) is 0.200. The molecule has 5 heteroatoms. The third-order valence-electron chi connectivity index (χ3n) is 3.73. The molecule has 0 spiro atoms. The molecule has 0 saturated carbocycles. The number of rotatable bonds is 7. The molecule has 0 heterocycles. The Kier molecular flexibility index (Phi) is 6.08. The van der Waals surface area contributed by atoms with E-state index in [2.05, 4.69) is 4.74 Å². The number of Topliss-reactive ketones (excluding diaryl/α,β-unsaturated/α-hetero) is 1. The van der Waals surface area contributed by atoms with Crippen molar-refractivity contribution in [3.05, 3.63) is 71.8 Å². The first kappa shape index (κ1) is 18.4. The van der Waals surface area contributed by atoms with Crippen molar-refractivity contribution in [3.8, 4) is 5.75 Å². The number of carbonyl (C=O) groups excluding carboxylic acids is 2. The standard InChI is InChI=1S/C20H20O5/c1-24-17-10-8-15(9-11-17)12-13-20(23,19(22)25-2)14-18(21)16-6-4-3-5-7-16/h3-13,23H,14H2,1-2H3/b13-12+/t20-/m0/s1. The minimum atomic E-state index is -2.04. The molecule has 0 aliphatic heterocycles. The summed E-state index contributed by atoms with van der Waals surface area (Å²) >= 11 is 0. The highest BCUT2D eigenvalue weighted by Gasteiger charge is 2.37. The van der Waals surface area contributed by atoms with Crippen molar-refractivity contribution in [2.24, 2.45) is 0 Å². The van der Waals surface area contributed by atoms with Crippen LogP contribution in [0.1, 0.15) is 22.3 Å². The van der Waals surface area contributed by atoms with Gasteiger partial charge >= 0.3 is 5.97 Å². The number of methoxy groups -OCH3 is 2. The van der Waals surface area contributed by atoms with Crippen molar-refractivity contribution in [2.75, 3.05) is 14.2 Å². The largest absolute Gasteiger partial charge is 0.497 e. The summed E-state index contributed by atoms with van der Waals surface area (Å²) in [5.41, 5.74) is -0.875. The molecule has 0 unspecified atom stereocenters. The highest BCUT2D eigenvalue weighted by atomic mass is 16.5. The first-order chi connectivity index (χ1) is 12.0. The molecular weight excluding hydrogens is 320 g/mol. The van der Waals surface area contributed by atoms with Crippen LogP contribution >= 0.6 is 0 Å². The van der Waals surface area contributed by atoms with E-state index in [4.69, 9.17) is 4.74 Å². The number of carbonyl (C=O) groups is 2. The molecule has 0 bridgehead atoms. The Hall–Kier alpha value is -2.92. The van der Waals surface area contributed by atoms with Gasteiger partial charge in [-0.2, -0.15) is 0 Å². The highest BCUT2D eigenvalue weighted by molar-refractivity contribution is 6.00. The molecule has 0 fully saturated rings. The molecule has 1 atom stereocenters. The van der Waals surface area contributed by atoms with Crippen LogP contribution in [0.25, 0.3) is 6.08 Å². The van der Waals surface area contributed by atoms with Gasteiger partial charge in [-0.3, -0.25) is 4.79 Å². The Morgan fingerprint density at radius 1 is 1.04 bits per heavy atom. The lowest BCUT2D eigenvalue weighted by Gasteiger charge is -2.21. The number of benzene rings is 2. The van der Waals surface area contributed by atoms with Gasteiger partial charge in [0.1, 0.15) is 5.75 Å². The van der Waals surface area contributed by atoms with Crippen LogP contribution in [-0.2, 0) is 9.53 Å². The van der Waals surface area contributed by atoms with E-state index in [1.165, 1.54) is 13.2 Å². The van der Waals surface area contributed by atoms with Crippen LogP contribution in [0.3, 0.4) is 0 Å². The monoisotopic (exact) mass is 340 g/mol. The summed E-state index contributed by atoms with van der Waals surface area (Å²) in [7, 11) is 2.73. The van der Waals surface area contributed by atoms with Crippen LogP contribution in [0.5, 0.6) is 5.75 Å². The van der Waals surface area contributed by atoms with Crippen molar-refractivity contribution in [2.45, 2.75) is 12.0 Å². The molecule has 0 aliphatic carbocycles. The van der Waals surface area contributed by atoms with Crippen molar-refractivity contribution >= 4 is 17.8 Å². The number of ketones is 1. The van der Waals surface area contributed by atoms with E-state index in [0.29, 0.717) is 11.3 Å². The average Bonchev–Trinajstić information content (AvgIpc) is 2.66. The van der Waals surface area contributed by atoms with Crippen LogP contribution in [-0.4, -0.2) is 36.7 Å². The molecular formula is C20H20O5. The second-order valence-electron chi connectivity index (χ2n) is 5.49. The Labute approximate surface area is 146 Å². The summed E-state index contributed by atoms with van der Waals surface area (Å²) in [5.74, 6) is -0.547. The Balaban J connectivity index is 2.22. The smallest absolute Gasteiger partial charge is 0.342 e. The summed E-state index contributed by atoms with van der Waals surface area (Å²) in [6.45, 7) is 0. The van der Waals surface area contributed by atoms with Crippen LogP contribution < -0.4 is 4.74 Å². The lowest BCUT2D eigenvalue weighted by molar-refractivity contribution is -0.156. The SMILES string of the molecule is COC(=O)[C@](O)(/C=C/c1ccc(OC)cc1)CC(=O)c1ccccc1.